The number of ether oxygens (including phenoxy) is 5. The number of aliphatic hydroxyl groups excluding tert-OH is 1. The summed E-state index contributed by atoms with van der Waals surface area (Å²) in [5, 5.41) is 11.1. The fourth-order valence-electron chi connectivity index (χ4n) is 7.36. The molecule has 0 aliphatic carbocycles. The summed E-state index contributed by atoms with van der Waals surface area (Å²) in [4.78, 5) is 56.8. The predicted octanol–water partition coefficient (Wildman–Crippen LogP) is 8.39. The van der Waals surface area contributed by atoms with Crippen LogP contribution in [0, 0.1) is 12.8 Å². The van der Waals surface area contributed by atoms with Gasteiger partial charge in [0.1, 0.15) is 6.61 Å². The molecule has 3 aromatic rings. The molecule has 0 spiro atoms. The van der Waals surface area contributed by atoms with E-state index in [1.165, 1.54) is 36.5 Å². The second-order valence-corrected chi connectivity index (χ2v) is 15.3. The van der Waals surface area contributed by atoms with E-state index in [4.69, 9.17) is 23.7 Å². The summed E-state index contributed by atoms with van der Waals surface area (Å²) >= 11 is 0. The predicted molar refractivity (Wildman–Crippen MR) is 226 cm³/mol. The fourth-order valence-corrected chi connectivity index (χ4v) is 7.36. The summed E-state index contributed by atoms with van der Waals surface area (Å²) < 4.78 is 29.4. The van der Waals surface area contributed by atoms with Gasteiger partial charge in [-0.25, -0.2) is 4.79 Å². The van der Waals surface area contributed by atoms with Crippen LogP contribution in [0.4, 0.5) is 16.2 Å². The molecule has 3 amide bonds. The van der Waals surface area contributed by atoms with Crippen molar-refractivity contribution in [1.82, 2.24) is 4.90 Å². The first-order valence-corrected chi connectivity index (χ1v) is 20.0. The first kappa shape index (κ1) is 44.3. The molecule has 13 heteroatoms. The maximum atomic E-state index is 13.9. The molecule has 316 valence electrons. The molecule has 2 aliphatic heterocycles. The molecule has 0 saturated carbocycles. The Morgan fingerprint density at radius 3 is 2.19 bits per heavy atom. The zero-order valence-corrected chi connectivity index (χ0v) is 35.4. The third-order valence-corrected chi connectivity index (χ3v) is 10.6. The lowest BCUT2D eigenvalue weighted by molar-refractivity contribution is -0.109. The van der Waals surface area contributed by atoms with E-state index in [0.29, 0.717) is 86.1 Å². The monoisotopic (exact) mass is 811 g/mol. The molecule has 5 rings (SSSR count). The summed E-state index contributed by atoms with van der Waals surface area (Å²) in [5.74, 6) is 0.888. The van der Waals surface area contributed by atoms with Gasteiger partial charge in [-0.2, -0.15) is 0 Å². The van der Waals surface area contributed by atoms with Crippen molar-refractivity contribution in [2.75, 3.05) is 43.8 Å². The Hall–Kier alpha value is -5.82. The average Bonchev–Trinajstić information content (AvgIpc) is 3.60. The molecule has 0 bridgehead atoms. The standard InChI is InChI=1S/C46H57N3O10/c1-9-29(2)19-31(4)26-48(46(54)59-27-34-15-13-30(3)14-16-34)37-23-42(40(55-7)21-35(37)33(6)51)57-17-11-10-12-18-58-43-24-38-36(22-41(43)56-8)44(52)47-25-32(5)20-39(47)45(53)49(38)28-50/h9,13-16,21-25,28,31,39,45,53H,10-12,17-20,26-27H2,1-8H3/b29-9-/t31?,39-,45?/m1/s1. The maximum absolute atomic E-state index is 13.9. The highest BCUT2D eigenvalue weighted by Gasteiger charge is 2.42. The quantitative estimate of drug-likeness (QED) is 0.0543. The Morgan fingerprint density at radius 2 is 1.58 bits per heavy atom. The molecule has 0 saturated heterocycles. The van der Waals surface area contributed by atoms with Gasteiger partial charge in [-0.15, -0.1) is 0 Å². The van der Waals surface area contributed by atoms with Gasteiger partial charge in [0.2, 0.25) is 6.41 Å². The minimum absolute atomic E-state index is 0.0508. The molecule has 59 heavy (non-hydrogen) atoms. The van der Waals surface area contributed by atoms with Crippen molar-refractivity contribution in [3.8, 4) is 23.0 Å². The van der Waals surface area contributed by atoms with Gasteiger partial charge in [0.25, 0.3) is 5.91 Å². The summed E-state index contributed by atoms with van der Waals surface area (Å²) in [6.45, 7) is 12.4. The zero-order chi connectivity index (χ0) is 42.8. The van der Waals surface area contributed by atoms with Gasteiger partial charge in [0.05, 0.1) is 50.4 Å². The Balaban J connectivity index is 1.26. The van der Waals surface area contributed by atoms with Crippen LogP contribution in [0.2, 0.25) is 0 Å². The number of Topliss-reactive ketones (excluding diaryl/α,β-unsaturated/α-hetero) is 1. The van der Waals surface area contributed by atoms with Gasteiger partial charge >= 0.3 is 6.09 Å². The van der Waals surface area contributed by atoms with Crippen molar-refractivity contribution >= 4 is 35.6 Å². The Labute approximate surface area is 347 Å². The number of allylic oxidation sites excluding steroid dienone is 2. The number of anilines is 2. The maximum Gasteiger partial charge on any atom is 0.414 e. The SMILES string of the molecule is C/C=C(/C)CC(C)CN(C(=O)OCc1ccc(C)cc1)c1cc(OCCCCCOc2cc3c(cc2OC)C(=O)N2C=C(C)C[C@@H]2C(O)N3C=O)c(OC)cc1C(C)=O. The molecule has 3 atom stereocenters. The number of nitrogens with zero attached hydrogens (tertiary/aromatic N) is 3. The second-order valence-electron chi connectivity index (χ2n) is 15.3. The lowest BCUT2D eigenvalue weighted by Gasteiger charge is -2.29. The van der Waals surface area contributed by atoms with E-state index < -0.39 is 18.4 Å². The molecular formula is C46H57N3O10. The van der Waals surface area contributed by atoms with Crippen molar-refractivity contribution in [2.24, 2.45) is 5.92 Å². The number of amides is 3. The Morgan fingerprint density at radius 1 is 0.932 bits per heavy atom. The molecule has 2 heterocycles. The number of carbonyl (C=O) groups is 4. The highest BCUT2D eigenvalue weighted by Crippen LogP contribution is 2.41. The van der Waals surface area contributed by atoms with Crippen LogP contribution >= 0.6 is 0 Å². The number of unbranched alkanes of at least 4 members (excludes halogenated alkanes) is 2. The third kappa shape index (κ3) is 10.6. The number of carbonyl (C=O) groups excluding carboxylic acids is 4. The van der Waals surface area contributed by atoms with Crippen LogP contribution in [0.15, 0.2) is 72.0 Å². The highest BCUT2D eigenvalue weighted by molar-refractivity contribution is 6.05. The summed E-state index contributed by atoms with van der Waals surface area (Å²) in [5.41, 5.74) is 5.22. The van der Waals surface area contributed by atoms with Gasteiger partial charge in [-0.1, -0.05) is 54.0 Å². The molecule has 0 fully saturated rings. The summed E-state index contributed by atoms with van der Waals surface area (Å²) in [6, 6.07) is 13.6. The van der Waals surface area contributed by atoms with Crippen molar-refractivity contribution < 1.29 is 48.0 Å². The van der Waals surface area contributed by atoms with Crippen molar-refractivity contribution in [3.63, 3.8) is 0 Å². The Bertz CT molecular complexity index is 2060. The topological polar surface area (TPSA) is 144 Å². The number of rotatable bonds is 19. The molecule has 13 nitrogen and oxygen atoms in total. The van der Waals surface area contributed by atoms with Gasteiger partial charge in [-0.3, -0.25) is 24.2 Å². The van der Waals surface area contributed by atoms with E-state index in [1.54, 1.807) is 30.5 Å². The number of benzene rings is 3. The van der Waals surface area contributed by atoms with Crippen molar-refractivity contribution in [1.29, 1.82) is 0 Å². The molecule has 2 aliphatic rings. The number of aliphatic hydroxyl groups is 1. The molecule has 1 N–H and O–H groups in total. The van der Waals surface area contributed by atoms with Crippen LogP contribution in [0.1, 0.15) is 98.6 Å². The second kappa shape index (κ2) is 20.2. The average molecular weight is 812 g/mol. The molecular weight excluding hydrogens is 755 g/mol. The number of hydrogen-bond acceptors (Lipinski definition) is 10. The van der Waals surface area contributed by atoms with E-state index in [0.717, 1.165) is 28.0 Å². The van der Waals surface area contributed by atoms with Crippen molar-refractivity contribution in [2.45, 2.75) is 92.5 Å². The van der Waals surface area contributed by atoms with Gasteiger partial charge in [0.15, 0.2) is 35.0 Å². The van der Waals surface area contributed by atoms with Crippen LogP contribution in [0.3, 0.4) is 0 Å². The largest absolute Gasteiger partial charge is 0.493 e. The normalized spacial score (nSPS) is 16.7. The Kier molecular flexibility index (Phi) is 15.2. The van der Waals surface area contributed by atoms with Gasteiger partial charge in [0, 0.05) is 30.4 Å². The van der Waals surface area contributed by atoms with Gasteiger partial charge in [-0.05, 0) is 90.3 Å². The number of methoxy groups -OCH3 is 2. The molecule has 0 radical (unpaired) electrons. The van der Waals surface area contributed by atoms with Gasteiger partial charge < -0.3 is 33.7 Å². The van der Waals surface area contributed by atoms with E-state index >= 15 is 0 Å². The smallest absolute Gasteiger partial charge is 0.414 e. The molecule has 3 aromatic carbocycles. The lowest BCUT2D eigenvalue weighted by Crippen LogP contribution is -2.47. The van der Waals surface area contributed by atoms with E-state index in [9.17, 15) is 24.3 Å². The minimum atomic E-state index is -1.24. The fraction of sp³-hybridized carbons (Fsp3) is 0.435. The summed E-state index contributed by atoms with van der Waals surface area (Å²) in [6.07, 6.45) is 5.67. The first-order valence-electron chi connectivity index (χ1n) is 20.0. The minimum Gasteiger partial charge on any atom is -0.493 e. The molecule has 2 unspecified atom stereocenters. The van der Waals surface area contributed by atoms with Crippen LogP contribution in [-0.4, -0.2) is 80.4 Å². The van der Waals surface area contributed by atoms with E-state index in [2.05, 4.69) is 6.92 Å². The number of hydrogen-bond donors (Lipinski definition) is 1. The third-order valence-electron chi connectivity index (χ3n) is 10.6. The van der Waals surface area contributed by atoms with Crippen LogP contribution in [0.5, 0.6) is 23.0 Å². The van der Waals surface area contributed by atoms with Crippen molar-refractivity contribution in [3.05, 3.63) is 94.2 Å². The highest BCUT2D eigenvalue weighted by atomic mass is 16.6. The first-order chi connectivity index (χ1) is 28.3. The number of fused-ring (bicyclic) bond motifs is 2. The van der Waals surface area contributed by atoms with E-state index in [-0.39, 0.29) is 35.5 Å². The van der Waals surface area contributed by atoms with Crippen LogP contribution in [-0.2, 0) is 16.1 Å². The number of aryl methyl sites for hydroxylation is 1. The zero-order valence-electron chi connectivity index (χ0n) is 35.4. The van der Waals surface area contributed by atoms with Crippen LogP contribution in [0.25, 0.3) is 0 Å². The van der Waals surface area contributed by atoms with Crippen LogP contribution < -0.4 is 28.7 Å². The van der Waals surface area contributed by atoms with E-state index in [1.807, 2.05) is 58.0 Å². The number of ketones is 1. The molecule has 0 aromatic heterocycles. The lowest BCUT2D eigenvalue weighted by atomic mass is 10.0. The summed E-state index contributed by atoms with van der Waals surface area (Å²) in [7, 11) is 2.98.